The molecule has 0 radical (unpaired) electrons. The topological polar surface area (TPSA) is 49.9 Å². The van der Waals surface area contributed by atoms with E-state index in [4.69, 9.17) is 4.74 Å². The zero-order valence-electron chi connectivity index (χ0n) is 13.5. The summed E-state index contributed by atoms with van der Waals surface area (Å²) < 4.78 is 5.08. The molecule has 2 aliphatic rings. The van der Waals surface area contributed by atoms with Gasteiger partial charge in [0.2, 0.25) is 5.91 Å². The highest BCUT2D eigenvalue weighted by Gasteiger charge is 2.33. The smallest absolute Gasteiger partial charge is 0.310 e. The lowest BCUT2D eigenvalue weighted by Crippen LogP contribution is -2.47. The van der Waals surface area contributed by atoms with Crippen LogP contribution in [0.5, 0.6) is 0 Å². The maximum absolute atomic E-state index is 12.4. The van der Waals surface area contributed by atoms with Crippen LogP contribution in [0.3, 0.4) is 0 Å². The first-order valence-electron chi connectivity index (χ1n) is 8.17. The van der Waals surface area contributed by atoms with Crippen LogP contribution in [0.2, 0.25) is 0 Å². The highest BCUT2D eigenvalue weighted by atomic mass is 16.5. The van der Waals surface area contributed by atoms with Crippen molar-refractivity contribution < 1.29 is 14.3 Å². The molecule has 2 atom stereocenters. The monoisotopic (exact) mass is 296 g/mol. The lowest BCUT2D eigenvalue weighted by atomic mass is 9.98. The zero-order valence-corrected chi connectivity index (χ0v) is 13.5. The van der Waals surface area contributed by atoms with E-state index in [-0.39, 0.29) is 17.8 Å². The second-order valence-corrected chi connectivity index (χ2v) is 6.42. The van der Waals surface area contributed by atoms with Gasteiger partial charge in [0, 0.05) is 19.1 Å². The molecule has 21 heavy (non-hydrogen) atoms. The number of likely N-dealkylation sites (tertiary alicyclic amines) is 1. The fraction of sp³-hybridized carbons (Fsp3) is 0.875. The third-order valence-corrected chi connectivity index (χ3v) is 4.78. The average Bonchev–Trinajstić information content (AvgIpc) is 3.31. The number of amides is 1. The predicted molar refractivity (Wildman–Crippen MR) is 80.8 cm³/mol. The minimum absolute atomic E-state index is 0.138. The van der Waals surface area contributed by atoms with Crippen molar-refractivity contribution in [3.8, 4) is 0 Å². The van der Waals surface area contributed by atoms with Crippen LogP contribution in [-0.2, 0) is 14.3 Å². The molecular formula is C16H28N2O3. The normalized spacial score (nSPS) is 24.0. The molecule has 1 amide bonds. The quantitative estimate of drug-likeness (QED) is 0.697. The Hall–Kier alpha value is -1.10. The van der Waals surface area contributed by atoms with E-state index in [0.29, 0.717) is 25.7 Å². The molecule has 0 N–H and O–H groups in total. The Bertz CT molecular complexity index is 382. The van der Waals surface area contributed by atoms with Gasteiger partial charge < -0.3 is 9.64 Å². The molecule has 2 rings (SSSR count). The molecule has 0 aromatic heterocycles. The number of rotatable bonds is 6. The molecule has 5 heteroatoms. The summed E-state index contributed by atoms with van der Waals surface area (Å²) in [5.74, 6) is 0.596. The first kappa shape index (κ1) is 16.3. The molecule has 1 aliphatic heterocycles. The minimum Gasteiger partial charge on any atom is -0.466 e. The Morgan fingerprint density at radius 1 is 1.33 bits per heavy atom. The van der Waals surface area contributed by atoms with Gasteiger partial charge in [-0.2, -0.15) is 0 Å². The van der Waals surface area contributed by atoms with Gasteiger partial charge in [0.15, 0.2) is 0 Å². The summed E-state index contributed by atoms with van der Waals surface area (Å²) in [6.45, 7) is 6.16. The largest absolute Gasteiger partial charge is 0.466 e. The Morgan fingerprint density at radius 2 is 2.05 bits per heavy atom. The number of likely N-dealkylation sites (N-methyl/N-ethyl adjacent to an activating group) is 1. The van der Waals surface area contributed by atoms with Gasteiger partial charge in [-0.05, 0) is 52.5 Å². The van der Waals surface area contributed by atoms with Crippen LogP contribution in [-0.4, -0.2) is 61.0 Å². The summed E-state index contributed by atoms with van der Waals surface area (Å²) in [4.78, 5) is 28.2. The van der Waals surface area contributed by atoms with E-state index < -0.39 is 0 Å². The van der Waals surface area contributed by atoms with Crippen LogP contribution in [0.15, 0.2) is 0 Å². The third-order valence-electron chi connectivity index (χ3n) is 4.78. The number of piperidine rings is 1. The molecular weight excluding hydrogens is 268 g/mol. The molecule has 1 saturated carbocycles. The van der Waals surface area contributed by atoms with Crippen molar-refractivity contribution in [2.24, 2.45) is 11.8 Å². The molecule has 2 unspecified atom stereocenters. The number of ether oxygens (including phenoxy) is 1. The van der Waals surface area contributed by atoms with E-state index in [9.17, 15) is 9.59 Å². The van der Waals surface area contributed by atoms with Gasteiger partial charge in [-0.1, -0.05) is 0 Å². The molecule has 120 valence electrons. The molecule has 5 nitrogen and oxygen atoms in total. The van der Waals surface area contributed by atoms with Crippen LogP contribution in [0, 0.1) is 11.8 Å². The van der Waals surface area contributed by atoms with Crippen molar-refractivity contribution in [3.05, 3.63) is 0 Å². The Kier molecular flexibility index (Phi) is 5.62. The van der Waals surface area contributed by atoms with Crippen molar-refractivity contribution in [2.45, 2.75) is 45.6 Å². The van der Waals surface area contributed by atoms with Crippen LogP contribution in [0.1, 0.15) is 39.5 Å². The van der Waals surface area contributed by atoms with E-state index in [0.717, 1.165) is 25.3 Å². The summed E-state index contributed by atoms with van der Waals surface area (Å²) in [6.07, 6.45) is 4.29. The van der Waals surface area contributed by atoms with E-state index >= 15 is 0 Å². The fourth-order valence-corrected chi connectivity index (χ4v) is 3.05. The van der Waals surface area contributed by atoms with Gasteiger partial charge >= 0.3 is 5.97 Å². The van der Waals surface area contributed by atoms with E-state index in [1.54, 1.807) is 0 Å². The van der Waals surface area contributed by atoms with Gasteiger partial charge in [0.05, 0.1) is 19.1 Å². The summed E-state index contributed by atoms with van der Waals surface area (Å²) >= 11 is 0. The maximum Gasteiger partial charge on any atom is 0.310 e. The lowest BCUT2D eigenvalue weighted by Gasteiger charge is -2.33. The molecule has 0 bridgehead atoms. The fourth-order valence-electron chi connectivity index (χ4n) is 3.05. The first-order valence-corrected chi connectivity index (χ1v) is 8.17. The first-order chi connectivity index (χ1) is 10.0. The summed E-state index contributed by atoms with van der Waals surface area (Å²) in [7, 11) is 2.02. The Morgan fingerprint density at radius 3 is 2.67 bits per heavy atom. The number of carbonyl (C=O) groups excluding carboxylic acids is 2. The lowest BCUT2D eigenvalue weighted by molar-refractivity contribution is -0.151. The molecule has 1 aliphatic carbocycles. The number of esters is 1. The maximum atomic E-state index is 12.4. The zero-order chi connectivity index (χ0) is 15.4. The number of carbonyl (C=O) groups is 2. The van der Waals surface area contributed by atoms with E-state index in [1.165, 1.54) is 12.8 Å². The van der Waals surface area contributed by atoms with Crippen LogP contribution in [0.25, 0.3) is 0 Å². The number of nitrogens with zero attached hydrogens (tertiary/aromatic N) is 2. The standard InChI is InChI=1S/C16H28N2O3/c1-4-21-16(20)14-6-5-9-18(10-14)15(19)11-17(3)12(2)13-7-8-13/h12-14H,4-11H2,1-3H3. The SMILES string of the molecule is CCOC(=O)C1CCCN(C(=O)CN(C)C(C)C2CC2)C1. The second kappa shape index (κ2) is 7.25. The molecule has 0 aromatic carbocycles. The van der Waals surface area contributed by atoms with Crippen LogP contribution < -0.4 is 0 Å². The van der Waals surface area contributed by atoms with E-state index in [2.05, 4.69) is 11.8 Å². The highest BCUT2D eigenvalue weighted by molar-refractivity contribution is 5.80. The number of hydrogen-bond donors (Lipinski definition) is 0. The summed E-state index contributed by atoms with van der Waals surface area (Å²) in [6, 6.07) is 0.472. The Balaban J connectivity index is 1.82. The second-order valence-electron chi connectivity index (χ2n) is 6.42. The predicted octanol–water partition coefficient (Wildman–Crippen LogP) is 1.52. The van der Waals surface area contributed by atoms with Gasteiger partial charge in [0.25, 0.3) is 0 Å². The van der Waals surface area contributed by atoms with Crippen molar-refractivity contribution >= 4 is 11.9 Å². The molecule has 1 heterocycles. The molecule has 0 spiro atoms. The van der Waals surface area contributed by atoms with Crippen LogP contribution in [0.4, 0.5) is 0 Å². The van der Waals surface area contributed by atoms with Crippen molar-refractivity contribution in [1.82, 2.24) is 9.80 Å². The van der Waals surface area contributed by atoms with Crippen molar-refractivity contribution in [2.75, 3.05) is 33.3 Å². The Labute approximate surface area is 127 Å². The highest BCUT2D eigenvalue weighted by Crippen LogP contribution is 2.34. The number of hydrogen-bond acceptors (Lipinski definition) is 4. The summed E-state index contributed by atoms with van der Waals surface area (Å²) in [5, 5.41) is 0. The molecule has 2 fully saturated rings. The summed E-state index contributed by atoms with van der Waals surface area (Å²) in [5.41, 5.74) is 0. The van der Waals surface area contributed by atoms with Gasteiger partial charge in [-0.3, -0.25) is 14.5 Å². The molecule has 0 aromatic rings. The van der Waals surface area contributed by atoms with Crippen molar-refractivity contribution in [3.63, 3.8) is 0 Å². The van der Waals surface area contributed by atoms with Crippen molar-refractivity contribution in [1.29, 1.82) is 0 Å². The van der Waals surface area contributed by atoms with Gasteiger partial charge in [0.1, 0.15) is 0 Å². The van der Waals surface area contributed by atoms with Gasteiger partial charge in [-0.25, -0.2) is 0 Å². The third kappa shape index (κ3) is 4.43. The minimum atomic E-state index is -0.158. The van der Waals surface area contributed by atoms with Crippen LogP contribution >= 0.6 is 0 Å². The average molecular weight is 296 g/mol. The molecule has 1 saturated heterocycles. The van der Waals surface area contributed by atoms with E-state index in [1.807, 2.05) is 18.9 Å². The van der Waals surface area contributed by atoms with Gasteiger partial charge in [-0.15, -0.1) is 0 Å².